The Kier molecular flexibility index (Phi) is 5.24. The van der Waals surface area contributed by atoms with E-state index in [1.165, 1.54) is 5.69 Å². The van der Waals surface area contributed by atoms with Crippen molar-refractivity contribution in [3.8, 4) is 0 Å². The summed E-state index contributed by atoms with van der Waals surface area (Å²) in [4.78, 5) is 24.1. The smallest absolute Gasteiger partial charge is 0.240 e. The molecule has 2 aromatic rings. The lowest BCUT2D eigenvalue weighted by Gasteiger charge is -2.39. The molecule has 0 radical (unpaired) electrons. The molecule has 1 aromatic heterocycles. The third-order valence-electron chi connectivity index (χ3n) is 6.36. The van der Waals surface area contributed by atoms with Crippen molar-refractivity contribution in [2.24, 2.45) is 0 Å². The molecule has 154 valence electrons. The second-order valence-electron chi connectivity index (χ2n) is 8.10. The zero-order chi connectivity index (χ0) is 19.8. The Balaban J connectivity index is 1.22. The summed E-state index contributed by atoms with van der Waals surface area (Å²) in [5, 5.41) is 4.63. The second-order valence-corrected chi connectivity index (χ2v) is 9.17. The molecule has 2 atom stereocenters. The maximum Gasteiger partial charge on any atom is 0.240 e. The van der Waals surface area contributed by atoms with Crippen LogP contribution >= 0.6 is 11.8 Å². The van der Waals surface area contributed by atoms with Gasteiger partial charge in [0.05, 0.1) is 17.4 Å². The number of benzene rings is 1. The van der Waals surface area contributed by atoms with Crippen molar-refractivity contribution in [3.63, 3.8) is 0 Å². The number of pyridine rings is 1. The SMILES string of the molecule is Nc1cc(N2CCN([C@@H]3CN[C@H](C(=O)N4CCSC4)C3)CC2)c2ccccc2n1. The minimum atomic E-state index is -0.0133. The molecule has 8 heteroatoms. The van der Waals surface area contributed by atoms with E-state index in [4.69, 9.17) is 5.73 Å². The van der Waals surface area contributed by atoms with Gasteiger partial charge in [0.1, 0.15) is 5.82 Å². The van der Waals surface area contributed by atoms with Crippen molar-refractivity contribution >= 4 is 40.1 Å². The number of thioether (sulfide) groups is 1. The highest BCUT2D eigenvalue weighted by atomic mass is 32.2. The monoisotopic (exact) mass is 412 g/mol. The van der Waals surface area contributed by atoms with Gasteiger partial charge in [0.25, 0.3) is 0 Å². The van der Waals surface area contributed by atoms with Crippen LogP contribution in [0.2, 0.25) is 0 Å². The largest absolute Gasteiger partial charge is 0.384 e. The molecule has 0 saturated carbocycles. The van der Waals surface area contributed by atoms with Crippen LogP contribution < -0.4 is 16.0 Å². The lowest BCUT2D eigenvalue weighted by atomic mass is 10.1. The van der Waals surface area contributed by atoms with Gasteiger partial charge in [0, 0.05) is 68.2 Å². The molecule has 3 aliphatic rings. The molecular formula is C21H28N6OS. The number of fused-ring (bicyclic) bond motifs is 1. The fourth-order valence-corrected chi connectivity index (χ4v) is 5.71. The Morgan fingerprint density at radius 3 is 2.79 bits per heavy atom. The van der Waals surface area contributed by atoms with Crippen LogP contribution in [0.4, 0.5) is 11.5 Å². The summed E-state index contributed by atoms with van der Waals surface area (Å²) in [6.45, 7) is 5.74. The average Bonchev–Trinajstić information content (AvgIpc) is 3.45. The first-order valence-electron chi connectivity index (χ1n) is 10.4. The minimum Gasteiger partial charge on any atom is -0.384 e. The van der Waals surface area contributed by atoms with E-state index in [0.717, 1.165) is 68.2 Å². The van der Waals surface area contributed by atoms with E-state index in [1.807, 2.05) is 34.9 Å². The number of para-hydroxylation sites is 1. The van der Waals surface area contributed by atoms with Crippen molar-refractivity contribution in [3.05, 3.63) is 30.3 Å². The summed E-state index contributed by atoms with van der Waals surface area (Å²) in [5.74, 6) is 2.78. The van der Waals surface area contributed by atoms with E-state index in [0.29, 0.717) is 11.9 Å². The van der Waals surface area contributed by atoms with Gasteiger partial charge >= 0.3 is 0 Å². The molecule has 3 fully saturated rings. The number of piperazine rings is 1. The van der Waals surface area contributed by atoms with Crippen LogP contribution in [0.15, 0.2) is 30.3 Å². The molecule has 1 amide bonds. The standard InChI is InChI=1S/C21H28N6OS/c22-20-12-19(16-3-1-2-4-17(16)24-20)26-7-5-25(6-8-26)15-11-18(23-13-15)21(28)27-9-10-29-14-27/h1-4,12,15,18,23H,5-11,13-14H2,(H2,22,24)/t15-,18-/m0/s1. The fraction of sp³-hybridized carbons (Fsp3) is 0.524. The Bertz CT molecular complexity index is 894. The molecule has 3 aliphatic heterocycles. The van der Waals surface area contributed by atoms with Gasteiger partial charge in [-0.15, -0.1) is 11.8 Å². The number of rotatable bonds is 3. The van der Waals surface area contributed by atoms with Gasteiger partial charge in [0.15, 0.2) is 0 Å². The first-order valence-corrected chi connectivity index (χ1v) is 11.6. The molecular weight excluding hydrogens is 384 g/mol. The topological polar surface area (TPSA) is 77.7 Å². The van der Waals surface area contributed by atoms with Gasteiger partial charge in [-0.1, -0.05) is 18.2 Å². The van der Waals surface area contributed by atoms with Crippen LogP contribution in [0.5, 0.6) is 0 Å². The number of nitrogens with zero attached hydrogens (tertiary/aromatic N) is 4. The Morgan fingerprint density at radius 1 is 1.17 bits per heavy atom. The molecule has 5 rings (SSSR count). The van der Waals surface area contributed by atoms with Gasteiger partial charge in [-0.2, -0.15) is 0 Å². The van der Waals surface area contributed by atoms with Crippen molar-refractivity contribution in [2.45, 2.75) is 18.5 Å². The van der Waals surface area contributed by atoms with E-state index in [9.17, 15) is 4.79 Å². The number of carbonyl (C=O) groups is 1. The third kappa shape index (κ3) is 3.76. The van der Waals surface area contributed by atoms with Crippen molar-refractivity contribution < 1.29 is 4.79 Å². The lowest BCUT2D eigenvalue weighted by Crippen LogP contribution is -2.51. The third-order valence-corrected chi connectivity index (χ3v) is 7.32. The average molecular weight is 413 g/mol. The predicted octanol–water partition coefficient (Wildman–Crippen LogP) is 1.20. The maximum absolute atomic E-state index is 12.7. The predicted molar refractivity (Wildman–Crippen MR) is 119 cm³/mol. The number of hydrogen-bond donors (Lipinski definition) is 2. The summed E-state index contributed by atoms with van der Waals surface area (Å²) in [6.07, 6.45) is 0.922. The summed E-state index contributed by atoms with van der Waals surface area (Å²) >= 11 is 1.85. The molecule has 1 aromatic carbocycles. The van der Waals surface area contributed by atoms with E-state index < -0.39 is 0 Å². The van der Waals surface area contributed by atoms with Crippen LogP contribution in [0.3, 0.4) is 0 Å². The van der Waals surface area contributed by atoms with Gasteiger partial charge < -0.3 is 20.9 Å². The molecule has 7 nitrogen and oxygen atoms in total. The number of amides is 1. The number of anilines is 2. The van der Waals surface area contributed by atoms with Crippen LogP contribution in [0.25, 0.3) is 10.9 Å². The summed E-state index contributed by atoms with van der Waals surface area (Å²) in [7, 11) is 0. The Hall–Kier alpha value is -2.03. The number of hydrogen-bond acceptors (Lipinski definition) is 7. The summed E-state index contributed by atoms with van der Waals surface area (Å²) in [5.41, 5.74) is 8.19. The number of nitrogen functional groups attached to an aromatic ring is 1. The van der Waals surface area contributed by atoms with Gasteiger partial charge in [-0.25, -0.2) is 4.98 Å². The van der Waals surface area contributed by atoms with Crippen molar-refractivity contribution in [2.75, 3.05) is 61.5 Å². The molecule has 0 aliphatic carbocycles. The number of nitrogens with one attached hydrogen (secondary N) is 1. The maximum atomic E-state index is 12.7. The Labute approximate surface area is 175 Å². The van der Waals surface area contributed by atoms with Crippen molar-refractivity contribution in [1.29, 1.82) is 0 Å². The molecule has 0 bridgehead atoms. The first kappa shape index (κ1) is 19.0. The Morgan fingerprint density at radius 2 is 2.00 bits per heavy atom. The highest BCUT2D eigenvalue weighted by molar-refractivity contribution is 7.99. The van der Waals surface area contributed by atoms with E-state index >= 15 is 0 Å². The fourth-order valence-electron chi connectivity index (χ4n) is 4.76. The van der Waals surface area contributed by atoms with Crippen LogP contribution in [-0.2, 0) is 4.79 Å². The van der Waals surface area contributed by atoms with E-state index in [-0.39, 0.29) is 11.9 Å². The molecule has 4 heterocycles. The lowest BCUT2D eigenvalue weighted by molar-refractivity contribution is -0.131. The number of aromatic nitrogens is 1. The normalized spacial score (nSPS) is 25.8. The molecule has 3 saturated heterocycles. The zero-order valence-electron chi connectivity index (χ0n) is 16.6. The van der Waals surface area contributed by atoms with Crippen LogP contribution in [0, 0.1) is 0 Å². The highest BCUT2D eigenvalue weighted by Crippen LogP contribution is 2.29. The van der Waals surface area contributed by atoms with Gasteiger partial charge in [0.2, 0.25) is 5.91 Å². The molecule has 3 N–H and O–H groups in total. The van der Waals surface area contributed by atoms with Crippen LogP contribution in [-0.4, -0.2) is 83.7 Å². The van der Waals surface area contributed by atoms with Gasteiger partial charge in [-0.05, 0) is 12.5 Å². The van der Waals surface area contributed by atoms with Gasteiger partial charge in [-0.3, -0.25) is 9.69 Å². The minimum absolute atomic E-state index is 0.0133. The summed E-state index contributed by atoms with van der Waals surface area (Å²) < 4.78 is 0. The molecule has 0 spiro atoms. The molecule has 29 heavy (non-hydrogen) atoms. The highest BCUT2D eigenvalue weighted by Gasteiger charge is 2.36. The molecule has 0 unspecified atom stereocenters. The summed E-state index contributed by atoms with van der Waals surface area (Å²) in [6, 6.07) is 10.6. The van der Waals surface area contributed by atoms with E-state index in [1.54, 1.807) is 0 Å². The van der Waals surface area contributed by atoms with Crippen molar-refractivity contribution in [1.82, 2.24) is 20.1 Å². The number of nitrogens with two attached hydrogens (primary N) is 1. The zero-order valence-corrected chi connectivity index (χ0v) is 17.4. The number of carbonyl (C=O) groups excluding carboxylic acids is 1. The van der Waals surface area contributed by atoms with Crippen LogP contribution in [0.1, 0.15) is 6.42 Å². The van der Waals surface area contributed by atoms with E-state index in [2.05, 4.69) is 32.2 Å². The second kappa shape index (κ2) is 8.01. The quantitative estimate of drug-likeness (QED) is 0.784. The first-order chi connectivity index (χ1) is 14.2.